The molecule has 1 saturated heterocycles. The van der Waals surface area contributed by atoms with Crippen molar-refractivity contribution in [2.24, 2.45) is 0 Å². The lowest BCUT2D eigenvalue weighted by molar-refractivity contribution is -0.133. The second-order valence-electron chi connectivity index (χ2n) is 8.62. The van der Waals surface area contributed by atoms with Crippen LogP contribution < -0.4 is 0 Å². The van der Waals surface area contributed by atoms with Gasteiger partial charge in [-0.05, 0) is 49.6 Å². The van der Waals surface area contributed by atoms with E-state index >= 15 is 0 Å². The molecule has 2 aromatic carbocycles. The van der Waals surface area contributed by atoms with Crippen LogP contribution in [0, 0.1) is 0 Å². The summed E-state index contributed by atoms with van der Waals surface area (Å²) in [6.45, 7) is 3.59. The van der Waals surface area contributed by atoms with Gasteiger partial charge in [-0.15, -0.1) is 0 Å². The molecule has 0 bridgehead atoms. The van der Waals surface area contributed by atoms with Crippen molar-refractivity contribution in [2.75, 3.05) is 20.1 Å². The van der Waals surface area contributed by atoms with Crippen LogP contribution in [0.2, 0.25) is 0 Å². The van der Waals surface area contributed by atoms with Crippen molar-refractivity contribution in [3.63, 3.8) is 0 Å². The molecule has 1 amide bonds. The molecular weight excluding hydrogens is 422 g/mol. The van der Waals surface area contributed by atoms with Crippen molar-refractivity contribution >= 4 is 26.8 Å². The minimum atomic E-state index is -3.50. The van der Waals surface area contributed by atoms with E-state index in [2.05, 4.69) is 0 Å². The van der Waals surface area contributed by atoms with Crippen molar-refractivity contribution in [1.82, 2.24) is 13.8 Å². The zero-order valence-corrected chi connectivity index (χ0v) is 19.6. The first-order valence-corrected chi connectivity index (χ1v) is 12.7. The lowest BCUT2D eigenvalue weighted by Crippen LogP contribution is -2.32. The van der Waals surface area contributed by atoms with Gasteiger partial charge in [0.05, 0.1) is 4.90 Å². The molecule has 0 saturated carbocycles. The molecule has 0 N–H and O–H groups in total. The number of likely N-dealkylation sites (N-methyl/N-ethyl adjacent to an activating group) is 1. The standard InChI is InChI=1S/C25H31N3O3S/c1-20(25(29)26(2)19-21-10-6-5-7-11-21)28-17-14-22-18-23(12-13-24(22)28)32(30,31)27-15-8-3-4-9-16-27/h5-7,10-14,17-18,20H,3-4,8-9,15-16,19H2,1-2H3. The fourth-order valence-corrected chi connectivity index (χ4v) is 6.00. The number of benzene rings is 2. The highest BCUT2D eigenvalue weighted by molar-refractivity contribution is 7.89. The van der Waals surface area contributed by atoms with Crippen LogP contribution in [-0.2, 0) is 21.4 Å². The Kier molecular flexibility index (Phi) is 6.67. The van der Waals surface area contributed by atoms with Gasteiger partial charge in [0, 0.05) is 43.8 Å². The Hall–Kier alpha value is -2.64. The van der Waals surface area contributed by atoms with Crippen LogP contribution in [0.5, 0.6) is 0 Å². The third-order valence-corrected chi connectivity index (χ3v) is 8.20. The number of hydrogen-bond donors (Lipinski definition) is 0. The zero-order chi connectivity index (χ0) is 22.7. The smallest absolute Gasteiger partial charge is 0.245 e. The van der Waals surface area contributed by atoms with Crippen LogP contribution in [-0.4, -0.2) is 48.2 Å². The summed E-state index contributed by atoms with van der Waals surface area (Å²) in [6, 6.07) is 16.6. The minimum Gasteiger partial charge on any atom is -0.340 e. The summed E-state index contributed by atoms with van der Waals surface area (Å²) in [5.41, 5.74) is 1.94. The monoisotopic (exact) mass is 453 g/mol. The van der Waals surface area contributed by atoms with Gasteiger partial charge in [-0.25, -0.2) is 8.42 Å². The van der Waals surface area contributed by atoms with E-state index in [1.807, 2.05) is 67.2 Å². The predicted octanol–water partition coefficient (Wildman–Crippen LogP) is 4.43. The molecule has 6 nitrogen and oxygen atoms in total. The fourth-order valence-electron chi connectivity index (χ4n) is 4.44. The van der Waals surface area contributed by atoms with Gasteiger partial charge >= 0.3 is 0 Å². The molecule has 32 heavy (non-hydrogen) atoms. The van der Waals surface area contributed by atoms with E-state index in [1.54, 1.807) is 21.3 Å². The second kappa shape index (κ2) is 9.46. The number of hydrogen-bond acceptors (Lipinski definition) is 3. The first kappa shape index (κ1) is 22.6. The third-order valence-electron chi connectivity index (χ3n) is 6.31. The molecule has 0 radical (unpaired) electrons. The number of fused-ring (bicyclic) bond motifs is 1. The van der Waals surface area contributed by atoms with Crippen molar-refractivity contribution < 1.29 is 13.2 Å². The topological polar surface area (TPSA) is 62.6 Å². The number of carbonyl (C=O) groups excluding carboxylic acids is 1. The molecule has 7 heteroatoms. The lowest BCUT2D eigenvalue weighted by atomic mass is 10.2. The van der Waals surface area contributed by atoms with E-state index < -0.39 is 16.1 Å². The number of sulfonamides is 1. The van der Waals surface area contributed by atoms with Gasteiger partial charge in [0.25, 0.3) is 0 Å². The van der Waals surface area contributed by atoms with Gasteiger partial charge in [-0.1, -0.05) is 43.2 Å². The average Bonchev–Trinajstić information content (AvgIpc) is 3.02. The molecule has 1 aliphatic heterocycles. The molecule has 1 unspecified atom stereocenters. The van der Waals surface area contributed by atoms with Crippen molar-refractivity contribution in [3.05, 3.63) is 66.4 Å². The molecule has 1 atom stereocenters. The summed E-state index contributed by atoms with van der Waals surface area (Å²) < 4.78 is 29.8. The normalized spacial score (nSPS) is 16.6. The Balaban J connectivity index is 1.55. The Labute approximate surface area is 190 Å². The molecule has 3 aromatic rings. The molecule has 1 aromatic heterocycles. The van der Waals surface area contributed by atoms with E-state index in [0.717, 1.165) is 42.1 Å². The quantitative estimate of drug-likeness (QED) is 0.555. The molecule has 4 rings (SSSR count). The van der Waals surface area contributed by atoms with Crippen molar-refractivity contribution in [3.8, 4) is 0 Å². The van der Waals surface area contributed by atoms with Crippen LogP contribution in [0.3, 0.4) is 0 Å². The molecule has 1 fully saturated rings. The molecule has 170 valence electrons. The van der Waals surface area contributed by atoms with E-state index in [9.17, 15) is 13.2 Å². The van der Waals surface area contributed by atoms with Crippen LogP contribution >= 0.6 is 0 Å². The summed E-state index contributed by atoms with van der Waals surface area (Å²) in [5.74, 6) is 0.00705. The van der Waals surface area contributed by atoms with Gasteiger partial charge in [-0.3, -0.25) is 4.79 Å². The van der Waals surface area contributed by atoms with Gasteiger partial charge < -0.3 is 9.47 Å². The summed E-state index contributed by atoms with van der Waals surface area (Å²) in [7, 11) is -1.69. The third kappa shape index (κ3) is 4.59. The van der Waals surface area contributed by atoms with Gasteiger partial charge in [0.15, 0.2) is 0 Å². The van der Waals surface area contributed by atoms with Crippen LogP contribution in [0.4, 0.5) is 0 Å². The van der Waals surface area contributed by atoms with E-state index in [1.165, 1.54) is 0 Å². The van der Waals surface area contributed by atoms with E-state index in [4.69, 9.17) is 0 Å². The number of nitrogens with zero attached hydrogens (tertiary/aromatic N) is 3. The maximum atomic E-state index is 13.2. The maximum absolute atomic E-state index is 13.2. The summed E-state index contributed by atoms with van der Waals surface area (Å²) in [6.07, 6.45) is 5.85. The molecule has 2 heterocycles. The Morgan fingerprint density at radius 2 is 1.69 bits per heavy atom. The minimum absolute atomic E-state index is 0.00705. The molecular formula is C25H31N3O3S. The van der Waals surface area contributed by atoms with Gasteiger partial charge in [0.1, 0.15) is 6.04 Å². The Morgan fingerprint density at radius 1 is 1.00 bits per heavy atom. The summed E-state index contributed by atoms with van der Waals surface area (Å²) >= 11 is 0. The SMILES string of the molecule is CC(C(=O)N(C)Cc1ccccc1)n1ccc2cc(S(=O)(=O)N3CCCCCC3)ccc21. The maximum Gasteiger partial charge on any atom is 0.245 e. The van der Waals surface area contributed by atoms with Crippen molar-refractivity contribution in [1.29, 1.82) is 0 Å². The summed E-state index contributed by atoms with van der Waals surface area (Å²) in [4.78, 5) is 15.1. The van der Waals surface area contributed by atoms with Crippen LogP contribution in [0.15, 0.2) is 65.7 Å². The number of aromatic nitrogens is 1. The first-order valence-electron chi connectivity index (χ1n) is 11.3. The zero-order valence-electron chi connectivity index (χ0n) is 18.8. The second-order valence-corrected chi connectivity index (χ2v) is 10.6. The van der Waals surface area contributed by atoms with Crippen molar-refractivity contribution in [2.45, 2.75) is 50.1 Å². The molecule has 1 aliphatic rings. The highest BCUT2D eigenvalue weighted by Gasteiger charge is 2.26. The van der Waals surface area contributed by atoms with Gasteiger partial charge in [-0.2, -0.15) is 4.31 Å². The highest BCUT2D eigenvalue weighted by Crippen LogP contribution is 2.27. The van der Waals surface area contributed by atoms with Gasteiger partial charge in [0.2, 0.25) is 15.9 Å². The van der Waals surface area contributed by atoms with Crippen LogP contribution in [0.1, 0.15) is 44.2 Å². The number of rotatable bonds is 6. The molecule has 0 spiro atoms. The average molecular weight is 454 g/mol. The predicted molar refractivity (Wildman–Crippen MR) is 127 cm³/mol. The Morgan fingerprint density at radius 3 is 2.38 bits per heavy atom. The Bertz CT molecular complexity index is 1180. The number of carbonyl (C=O) groups is 1. The lowest BCUT2D eigenvalue weighted by Gasteiger charge is -2.23. The first-order chi connectivity index (χ1) is 15.4. The largest absolute Gasteiger partial charge is 0.340 e. The number of amides is 1. The van der Waals surface area contributed by atoms with Crippen LogP contribution in [0.25, 0.3) is 10.9 Å². The summed E-state index contributed by atoms with van der Waals surface area (Å²) in [5, 5.41) is 0.825. The fraction of sp³-hybridized carbons (Fsp3) is 0.400. The molecule has 0 aliphatic carbocycles. The highest BCUT2D eigenvalue weighted by atomic mass is 32.2. The van der Waals surface area contributed by atoms with E-state index in [-0.39, 0.29) is 5.91 Å². The van der Waals surface area contributed by atoms with E-state index in [0.29, 0.717) is 24.5 Å².